The summed E-state index contributed by atoms with van der Waals surface area (Å²) in [5, 5.41) is 11.5. The Bertz CT molecular complexity index is 474. The Morgan fingerprint density at radius 2 is 2.16 bits per heavy atom. The minimum atomic E-state index is -1.06. The number of carboxylic acid groups (broad SMARTS) is 1. The maximum Gasteiger partial charge on any atom is 0.335 e. The molecule has 0 fully saturated rings. The minimum absolute atomic E-state index is 0.0863. The first kappa shape index (κ1) is 15.0. The van der Waals surface area contributed by atoms with Crippen LogP contribution in [0.1, 0.15) is 23.7 Å². The van der Waals surface area contributed by atoms with Gasteiger partial charge in [-0.3, -0.25) is 4.79 Å². The predicted octanol–water partition coefficient (Wildman–Crippen LogP) is 1.58. The molecule has 1 amide bonds. The van der Waals surface area contributed by atoms with Crippen molar-refractivity contribution in [1.82, 2.24) is 0 Å². The Labute approximate surface area is 111 Å². The first-order valence-corrected chi connectivity index (χ1v) is 5.85. The third-order valence-electron chi connectivity index (χ3n) is 2.56. The van der Waals surface area contributed by atoms with Crippen molar-refractivity contribution in [3.8, 4) is 0 Å². The van der Waals surface area contributed by atoms with Gasteiger partial charge in [-0.05, 0) is 24.1 Å². The lowest BCUT2D eigenvalue weighted by molar-refractivity contribution is -0.117. The first-order valence-electron chi connectivity index (χ1n) is 5.85. The average molecular weight is 266 g/mol. The van der Waals surface area contributed by atoms with Crippen molar-refractivity contribution in [1.29, 1.82) is 0 Å². The van der Waals surface area contributed by atoms with Crippen molar-refractivity contribution in [2.45, 2.75) is 13.3 Å². The Balaban J connectivity index is 2.67. The zero-order valence-corrected chi connectivity index (χ0v) is 11.0. The summed E-state index contributed by atoms with van der Waals surface area (Å²) in [4.78, 5) is 22.5. The summed E-state index contributed by atoms with van der Waals surface area (Å²) in [5.41, 5.74) is 6.43. The number of ether oxygens (including phenoxy) is 1. The molecule has 0 saturated heterocycles. The summed E-state index contributed by atoms with van der Waals surface area (Å²) < 4.78 is 4.95. The summed E-state index contributed by atoms with van der Waals surface area (Å²) in [6.45, 7) is 2.40. The van der Waals surface area contributed by atoms with E-state index in [9.17, 15) is 9.59 Å². The van der Waals surface area contributed by atoms with Crippen LogP contribution < -0.4 is 11.1 Å². The number of benzene rings is 1. The van der Waals surface area contributed by atoms with E-state index in [4.69, 9.17) is 15.6 Å². The fraction of sp³-hybridized carbons (Fsp3) is 0.385. The fourth-order valence-electron chi connectivity index (χ4n) is 1.67. The molecule has 0 spiro atoms. The standard InChI is InChI=1S/C13H18N2O4/c1-8(7-19-2)5-12(16)15-11-4-3-9(13(17)18)6-10(11)14/h3-4,6,8H,5,7,14H2,1-2H3,(H,15,16)(H,17,18). The van der Waals surface area contributed by atoms with Gasteiger partial charge in [0.15, 0.2) is 0 Å². The molecule has 0 saturated carbocycles. The van der Waals surface area contributed by atoms with Crippen molar-refractivity contribution in [3.05, 3.63) is 23.8 Å². The fourth-order valence-corrected chi connectivity index (χ4v) is 1.67. The van der Waals surface area contributed by atoms with Crippen LogP contribution >= 0.6 is 0 Å². The van der Waals surface area contributed by atoms with Gasteiger partial charge in [0.25, 0.3) is 0 Å². The lowest BCUT2D eigenvalue weighted by atomic mass is 10.1. The van der Waals surface area contributed by atoms with E-state index in [0.29, 0.717) is 18.7 Å². The third kappa shape index (κ3) is 4.59. The van der Waals surface area contributed by atoms with E-state index in [-0.39, 0.29) is 23.1 Å². The zero-order valence-electron chi connectivity index (χ0n) is 11.0. The Kier molecular flexibility index (Phi) is 5.32. The van der Waals surface area contributed by atoms with Gasteiger partial charge in [-0.1, -0.05) is 6.92 Å². The van der Waals surface area contributed by atoms with Gasteiger partial charge < -0.3 is 20.9 Å². The molecule has 0 aliphatic heterocycles. The van der Waals surface area contributed by atoms with Crippen LogP contribution in [0.2, 0.25) is 0 Å². The maximum absolute atomic E-state index is 11.7. The SMILES string of the molecule is COCC(C)CC(=O)Nc1ccc(C(=O)O)cc1N. The number of nitrogens with two attached hydrogens (primary N) is 1. The number of hydrogen-bond donors (Lipinski definition) is 3. The van der Waals surface area contributed by atoms with E-state index in [0.717, 1.165) is 0 Å². The first-order chi connectivity index (χ1) is 8.93. The number of carbonyl (C=O) groups excluding carboxylic acids is 1. The summed E-state index contributed by atoms with van der Waals surface area (Å²) in [6, 6.07) is 4.20. The van der Waals surface area contributed by atoms with Crippen LogP contribution in [0.5, 0.6) is 0 Å². The topological polar surface area (TPSA) is 102 Å². The van der Waals surface area contributed by atoms with E-state index >= 15 is 0 Å². The molecule has 104 valence electrons. The van der Waals surface area contributed by atoms with Crippen LogP contribution in [0.15, 0.2) is 18.2 Å². The van der Waals surface area contributed by atoms with Crippen molar-refractivity contribution in [3.63, 3.8) is 0 Å². The quantitative estimate of drug-likeness (QED) is 0.678. The predicted molar refractivity (Wildman–Crippen MR) is 72.1 cm³/mol. The van der Waals surface area contributed by atoms with Gasteiger partial charge in [0.1, 0.15) is 0 Å². The van der Waals surface area contributed by atoms with E-state index in [1.165, 1.54) is 18.2 Å². The monoisotopic (exact) mass is 266 g/mol. The molecule has 0 radical (unpaired) electrons. The highest BCUT2D eigenvalue weighted by Crippen LogP contribution is 2.20. The molecule has 1 aromatic carbocycles. The highest BCUT2D eigenvalue weighted by molar-refractivity contribution is 5.96. The van der Waals surface area contributed by atoms with Crippen LogP contribution in [-0.4, -0.2) is 30.7 Å². The molecular formula is C13H18N2O4. The van der Waals surface area contributed by atoms with E-state index < -0.39 is 5.97 Å². The van der Waals surface area contributed by atoms with Gasteiger partial charge in [0.05, 0.1) is 16.9 Å². The molecule has 0 bridgehead atoms. The van der Waals surface area contributed by atoms with Gasteiger partial charge in [0.2, 0.25) is 5.91 Å². The second-order valence-electron chi connectivity index (χ2n) is 4.42. The van der Waals surface area contributed by atoms with E-state index in [1.54, 1.807) is 7.11 Å². The molecule has 1 rings (SSSR count). The van der Waals surface area contributed by atoms with Crippen molar-refractivity contribution in [2.75, 3.05) is 24.8 Å². The number of nitrogen functional groups attached to an aromatic ring is 1. The van der Waals surface area contributed by atoms with Gasteiger partial charge >= 0.3 is 5.97 Å². The molecule has 1 aromatic rings. The van der Waals surface area contributed by atoms with Crippen LogP contribution in [0.25, 0.3) is 0 Å². The zero-order chi connectivity index (χ0) is 14.4. The number of carbonyl (C=O) groups is 2. The van der Waals surface area contributed by atoms with E-state index in [2.05, 4.69) is 5.32 Å². The summed E-state index contributed by atoms with van der Waals surface area (Å²) in [7, 11) is 1.58. The molecule has 1 atom stereocenters. The molecule has 6 nitrogen and oxygen atoms in total. The smallest absolute Gasteiger partial charge is 0.335 e. The van der Waals surface area contributed by atoms with Crippen LogP contribution in [0, 0.1) is 5.92 Å². The highest BCUT2D eigenvalue weighted by Gasteiger charge is 2.12. The van der Waals surface area contributed by atoms with Gasteiger partial charge in [-0.2, -0.15) is 0 Å². The number of carboxylic acids is 1. The van der Waals surface area contributed by atoms with Crippen LogP contribution in [0.4, 0.5) is 11.4 Å². The second kappa shape index (κ2) is 6.75. The van der Waals surface area contributed by atoms with Crippen molar-refractivity contribution >= 4 is 23.3 Å². The lowest BCUT2D eigenvalue weighted by Crippen LogP contribution is -2.18. The average Bonchev–Trinajstić information content (AvgIpc) is 2.31. The molecule has 4 N–H and O–H groups in total. The number of aromatic carboxylic acids is 1. The number of rotatable bonds is 6. The Morgan fingerprint density at radius 1 is 1.47 bits per heavy atom. The molecular weight excluding hydrogens is 248 g/mol. The normalized spacial score (nSPS) is 11.9. The Hall–Kier alpha value is -2.08. The molecule has 0 aliphatic rings. The number of nitrogens with one attached hydrogen (secondary N) is 1. The molecule has 0 aliphatic carbocycles. The van der Waals surface area contributed by atoms with Crippen molar-refractivity contribution < 1.29 is 19.4 Å². The molecule has 0 aromatic heterocycles. The van der Waals surface area contributed by atoms with E-state index in [1.807, 2.05) is 6.92 Å². The second-order valence-corrected chi connectivity index (χ2v) is 4.42. The summed E-state index contributed by atoms with van der Waals surface area (Å²) in [5.74, 6) is -1.14. The maximum atomic E-state index is 11.7. The van der Waals surface area contributed by atoms with Crippen LogP contribution in [-0.2, 0) is 9.53 Å². The highest BCUT2D eigenvalue weighted by atomic mass is 16.5. The summed E-state index contributed by atoms with van der Waals surface area (Å²) >= 11 is 0. The number of amides is 1. The largest absolute Gasteiger partial charge is 0.478 e. The number of methoxy groups -OCH3 is 1. The number of anilines is 2. The molecule has 6 heteroatoms. The number of hydrogen-bond acceptors (Lipinski definition) is 4. The van der Waals surface area contributed by atoms with Crippen molar-refractivity contribution in [2.24, 2.45) is 5.92 Å². The van der Waals surface area contributed by atoms with Crippen LogP contribution in [0.3, 0.4) is 0 Å². The molecule has 1 unspecified atom stereocenters. The van der Waals surface area contributed by atoms with Gasteiger partial charge in [-0.25, -0.2) is 4.79 Å². The Morgan fingerprint density at radius 3 is 2.68 bits per heavy atom. The third-order valence-corrected chi connectivity index (χ3v) is 2.56. The molecule has 19 heavy (non-hydrogen) atoms. The van der Waals surface area contributed by atoms with Gasteiger partial charge in [-0.15, -0.1) is 0 Å². The lowest BCUT2D eigenvalue weighted by Gasteiger charge is -2.12. The summed E-state index contributed by atoms with van der Waals surface area (Å²) in [6.07, 6.45) is 0.313. The molecule has 0 heterocycles. The van der Waals surface area contributed by atoms with Gasteiger partial charge in [0, 0.05) is 20.1 Å². The minimum Gasteiger partial charge on any atom is -0.478 e.